The molecule has 100 valence electrons. The van der Waals surface area contributed by atoms with Crippen LogP contribution in [0.25, 0.3) is 0 Å². The molecule has 18 heavy (non-hydrogen) atoms. The molecule has 1 amide bonds. The molecule has 0 saturated carbocycles. The summed E-state index contributed by atoms with van der Waals surface area (Å²) in [6, 6.07) is 0. The highest BCUT2D eigenvalue weighted by Gasteiger charge is 2.24. The molecule has 0 radical (unpaired) electrons. The maximum atomic E-state index is 11.8. The van der Waals surface area contributed by atoms with Crippen LogP contribution >= 0.6 is 23.1 Å². The zero-order valence-corrected chi connectivity index (χ0v) is 11.7. The van der Waals surface area contributed by atoms with Crippen LogP contribution in [0.3, 0.4) is 0 Å². The average Bonchev–Trinajstić information content (AvgIpc) is 3.00. The van der Waals surface area contributed by atoms with Crippen molar-refractivity contribution in [1.82, 2.24) is 10.2 Å². The molecule has 2 heterocycles. The van der Waals surface area contributed by atoms with E-state index in [4.69, 9.17) is 9.47 Å². The van der Waals surface area contributed by atoms with Crippen LogP contribution in [0.15, 0.2) is 4.34 Å². The fourth-order valence-electron chi connectivity index (χ4n) is 1.50. The first-order valence-electron chi connectivity index (χ1n) is 5.67. The third-order valence-corrected chi connectivity index (χ3v) is 4.31. The Kier molecular flexibility index (Phi) is 5.36. The molecule has 1 N–H and O–H groups in total. The molecule has 1 saturated heterocycles. The molecule has 0 aromatic carbocycles. The summed E-state index contributed by atoms with van der Waals surface area (Å²) >= 11 is 2.93. The van der Waals surface area contributed by atoms with Gasteiger partial charge in [-0.1, -0.05) is 23.1 Å². The van der Waals surface area contributed by atoms with Gasteiger partial charge in [0.2, 0.25) is 5.13 Å². The Morgan fingerprint density at radius 3 is 3.28 bits per heavy atom. The van der Waals surface area contributed by atoms with Gasteiger partial charge in [0, 0.05) is 19.5 Å². The fraction of sp³-hybridized carbons (Fsp3) is 0.700. The highest BCUT2D eigenvalue weighted by atomic mass is 32.2. The summed E-state index contributed by atoms with van der Waals surface area (Å²) in [5.41, 5.74) is 0. The number of hydrogen-bond acceptors (Lipinski definition) is 7. The molecule has 0 spiro atoms. The number of carbonyl (C=O) groups excluding carboxylic acids is 1. The Labute approximate surface area is 113 Å². The molecule has 6 nitrogen and oxygen atoms in total. The van der Waals surface area contributed by atoms with Gasteiger partial charge in [-0.3, -0.25) is 10.1 Å². The third-order valence-electron chi connectivity index (χ3n) is 2.37. The molecular weight excluding hydrogens is 274 g/mol. The lowest BCUT2D eigenvalue weighted by Crippen LogP contribution is -2.26. The van der Waals surface area contributed by atoms with Crippen LogP contribution in [0.5, 0.6) is 0 Å². The number of nitrogens with zero attached hydrogens (tertiary/aromatic N) is 2. The summed E-state index contributed by atoms with van der Waals surface area (Å²) < 4.78 is 11.1. The van der Waals surface area contributed by atoms with E-state index in [2.05, 4.69) is 15.5 Å². The number of nitrogens with one attached hydrogen (secondary N) is 1. The molecule has 8 heteroatoms. The lowest BCUT2D eigenvalue weighted by Gasteiger charge is -2.06. The Morgan fingerprint density at radius 1 is 1.67 bits per heavy atom. The number of amides is 1. The maximum absolute atomic E-state index is 11.8. The van der Waals surface area contributed by atoms with E-state index >= 15 is 0 Å². The van der Waals surface area contributed by atoms with Gasteiger partial charge in [-0.25, -0.2) is 0 Å². The van der Waals surface area contributed by atoms with Gasteiger partial charge in [0.1, 0.15) is 6.10 Å². The van der Waals surface area contributed by atoms with Gasteiger partial charge in [0.15, 0.2) is 4.34 Å². The third kappa shape index (κ3) is 3.91. The second kappa shape index (κ2) is 7.03. The number of aromatic nitrogens is 2. The highest BCUT2D eigenvalue weighted by Crippen LogP contribution is 2.25. The van der Waals surface area contributed by atoms with Gasteiger partial charge >= 0.3 is 0 Å². The minimum absolute atomic E-state index is 0.128. The van der Waals surface area contributed by atoms with E-state index in [-0.39, 0.29) is 12.0 Å². The maximum Gasteiger partial charge on any atom is 0.255 e. The first-order valence-corrected chi connectivity index (χ1v) is 7.47. The number of hydrogen-bond donors (Lipinski definition) is 1. The van der Waals surface area contributed by atoms with Crippen LogP contribution < -0.4 is 5.32 Å². The van der Waals surface area contributed by atoms with Crippen LogP contribution in [0.1, 0.15) is 12.8 Å². The molecular formula is C10H15N3O3S2. The van der Waals surface area contributed by atoms with E-state index in [1.807, 2.05) is 0 Å². The summed E-state index contributed by atoms with van der Waals surface area (Å²) in [4.78, 5) is 11.8. The molecule has 0 unspecified atom stereocenters. The monoisotopic (exact) mass is 289 g/mol. The van der Waals surface area contributed by atoms with Crippen molar-refractivity contribution in [2.45, 2.75) is 23.3 Å². The molecule has 0 bridgehead atoms. The smallest absolute Gasteiger partial charge is 0.255 e. The van der Waals surface area contributed by atoms with Gasteiger partial charge in [0.05, 0.1) is 6.61 Å². The van der Waals surface area contributed by atoms with E-state index in [1.54, 1.807) is 18.9 Å². The van der Waals surface area contributed by atoms with Crippen molar-refractivity contribution < 1.29 is 14.3 Å². The molecule has 1 aliphatic heterocycles. The van der Waals surface area contributed by atoms with Gasteiger partial charge in [-0.15, -0.1) is 10.2 Å². The summed E-state index contributed by atoms with van der Waals surface area (Å²) in [5.74, 6) is 0.697. The number of anilines is 1. The van der Waals surface area contributed by atoms with Crippen molar-refractivity contribution in [2.24, 2.45) is 0 Å². The van der Waals surface area contributed by atoms with Crippen molar-refractivity contribution in [1.29, 1.82) is 0 Å². The zero-order chi connectivity index (χ0) is 12.8. The van der Waals surface area contributed by atoms with E-state index in [0.29, 0.717) is 18.3 Å². The van der Waals surface area contributed by atoms with Gasteiger partial charge in [0.25, 0.3) is 5.91 Å². The normalized spacial score (nSPS) is 19.1. The van der Waals surface area contributed by atoms with Crippen molar-refractivity contribution in [3.8, 4) is 0 Å². The van der Waals surface area contributed by atoms with Crippen LogP contribution in [0.4, 0.5) is 5.13 Å². The van der Waals surface area contributed by atoms with Crippen LogP contribution in [0.2, 0.25) is 0 Å². The second-order valence-corrected chi connectivity index (χ2v) is 6.02. The van der Waals surface area contributed by atoms with Gasteiger partial charge in [-0.05, 0) is 12.8 Å². The molecule has 2 rings (SSSR count). The Hall–Kier alpha value is -0.700. The van der Waals surface area contributed by atoms with E-state index in [0.717, 1.165) is 22.9 Å². The Morgan fingerprint density at radius 2 is 2.56 bits per heavy atom. The summed E-state index contributed by atoms with van der Waals surface area (Å²) in [5, 5.41) is 11.2. The molecule has 1 aliphatic rings. The van der Waals surface area contributed by atoms with Crippen LogP contribution in [-0.4, -0.2) is 48.3 Å². The predicted octanol–water partition coefficient (Wildman–Crippen LogP) is 1.39. The Balaban J connectivity index is 1.80. The van der Waals surface area contributed by atoms with Crippen LogP contribution in [0, 0.1) is 0 Å². The number of thioether (sulfide) groups is 1. The van der Waals surface area contributed by atoms with Crippen LogP contribution in [-0.2, 0) is 14.3 Å². The highest BCUT2D eigenvalue weighted by molar-refractivity contribution is 8.01. The van der Waals surface area contributed by atoms with E-state index in [9.17, 15) is 4.79 Å². The lowest BCUT2D eigenvalue weighted by atomic mass is 10.2. The zero-order valence-electron chi connectivity index (χ0n) is 10.0. The van der Waals surface area contributed by atoms with E-state index in [1.165, 1.54) is 11.3 Å². The van der Waals surface area contributed by atoms with Crippen molar-refractivity contribution in [3.05, 3.63) is 0 Å². The van der Waals surface area contributed by atoms with Crippen molar-refractivity contribution in [3.63, 3.8) is 0 Å². The van der Waals surface area contributed by atoms with Crippen molar-refractivity contribution >= 4 is 34.1 Å². The molecule has 1 fully saturated rings. The van der Waals surface area contributed by atoms with Crippen molar-refractivity contribution in [2.75, 3.05) is 31.4 Å². The average molecular weight is 289 g/mol. The largest absolute Gasteiger partial charge is 0.384 e. The first kappa shape index (κ1) is 13.7. The van der Waals surface area contributed by atoms with Gasteiger partial charge in [-0.2, -0.15) is 0 Å². The van der Waals surface area contributed by atoms with Gasteiger partial charge < -0.3 is 9.47 Å². The standard InChI is InChI=1S/C10H15N3O3S2/c1-15-5-6-17-10-13-12-9(18-10)11-8(14)7-3-2-4-16-7/h7H,2-6H2,1H3,(H,11,12,14)/t7-/m0/s1. The molecule has 1 aromatic heterocycles. The topological polar surface area (TPSA) is 73.3 Å². The number of carbonyl (C=O) groups is 1. The quantitative estimate of drug-likeness (QED) is 0.485. The number of rotatable bonds is 6. The SMILES string of the molecule is COCCSc1nnc(NC(=O)[C@@H]2CCCO2)s1. The lowest BCUT2D eigenvalue weighted by molar-refractivity contribution is -0.124. The minimum atomic E-state index is -0.335. The molecule has 0 aliphatic carbocycles. The van der Waals surface area contributed by atoms with E-state index < -0.39 is 0 Å². The first-order chi connectivity index (χ1) is 8.79. The summed E-state index contributed by atoms with van der Waals surface area (Å²) in [6.07, 6.45) is 1.38. The molecule has 1 aromatic rings. The Bertz CT molecular complexity index is 393. The summed E-state index contributed by atoms with van der Waals surface area (Å²) in [7, 11) is 1.66. The molecule has 1 atom stereocenters. The second-order valence-electron chi connectivity index (χ2n) is 3.71. The fourth-order valence-corrected chi connectivity index (χ4v) is 3.23. The number of methoxy groups -OCH3 is 1. The number of ether oxygens (including phenoxy) is 2. The minimum Gasteiger partial charge on any atom is -0.384 e. The predicted molar refractivity (Wildman–Crippen MR) is 70.1 cm³/mol. The summed E-state index contributed by atoms with van der Waals surface area (Å²) in [6.45, 7) is 1.33.